The van der Waals surface area contributed by atoms with Crippen molar-refractivity contribution in [2.75, 3.05) is 26.7 Å². The Kier molecular flexibility index (Phi) is 6.74. The number of carbonyl (C=O) groups is 1. The van der Waals surface area contributed by atoms with Crippen molar-refractivity contribution in [3.8, 4) is 5.75 Å². The SMILES string of the molecule is COc1ccc(CCNC(=O)C2CCCN(S(=O)(=O)c3ccc(C)s3)C2)cc1. The van der Waals surface area contributed by atoms with Gasteiger partial charge in [0.15, 0.2) is 0 Å². The second kappa shape index (κ2) is 9.07. The van der Waals surface area contributed by atoms with Crippen LogP contribution in [0.3, 0.4) is 0 Å². The van der Waals surface area contributed by atoms with Crippen molar-refractivity contribution in [1.29, 1.82) is 0 Å². The average Bonchev–Trinajstić information content (AvgIpc) is 3.16. The molecule has 1 saturated heterocycles. The van der Waals surface area contributed by atoms with Crippen LogP contribution >= 0.6 is 11.3 Å². The number of carbonyl (C=O) groups excluding carboxylic acids is 1. The fourth-order valence-electron chi connectivity index (χ4n) is 3.32. The lowest BCUT2D eigenvalue weighted by Crippen LogP contribution is -2.45. The molecule has 28 heavy (non-hydrogen) atoms. The lowest BCUT2D eigenvalue weighted by molar-refractivity contribution is -0.126. The number of methoxy groups -OCH3 is 1. The summed E-state index contributed by atoms with van der Waals surface area (Å²) in [5.41, 5.74) is 1.11. The molecule has 1 amide bonds. The first-order valence-corrected chi connectivity index (χ1v) is 11.6. The topological polar surface area (TPSA) is 75.7 Å². The van der Waals surface area contributed by atoms with Gasteiger partial charge in [-0.25, -0.2) is 8.42 Å². The van der Waals surface area contributed by atoms with E-state index < -0.39 is 10.0 Å². The number of hydrogen-bond donors (Lipinski definition) is 1. The van der Waals surface area contributed by atoms with Crippen molar-refractivity contribution in [1.82, 2.24) is 9.62 Å². The first-order valence-electron chi connectivity index (χ1n) is 9.37. The van der Waals surface area contributed by atoms with Gasteiger partial charge in [0, 0.05) is 24.5 Å². The van der Waals surface area contributed by atoms with Crippen LogP contribution in [0.25, 0.3) is 0 Å². The largest absolute Gasteiger partial charge is 0.497 e. The number of rotatable bonds is 7. The number of hydrogen-bond acceptors (Lipinski definition) is 5. The molecule has 0 bridgehead atoms. The molecule has 0 spiro atoms. The van der Waals surface area contributed by atoms with E-state index in [4.69, 9.17) is 4.74 Å². The second-order valence-electron chi connectivity index (χ2n) is 6.96. The first kappa shape index (κ1) is 20.8. The van der Waals surface area contributed by atoms with E-state index >= 15 is 0 Å². The summed E-state index contributed by atoms with van der Waals surface area (Å²) in [6.45, 7) is 3.13. The smallest absolute Gasteiger partial charge is 0.252 e. The molecule has 3 rings (SSSR count). The maximum Gasteiger partial charge on any atom is 0.252 e. The van der Waals surface area contributed by atoms with E-state index in [1.807, 2.05) is 37.3 Å². The molecule has 1 aromatic carbocycles. The second-order valence-corrected chi connectivity index (χ2v) is 10.4. The summed E-state index contributed by atoms with van der Waals surface area (Å²) in [5.74, 6) is 0.424. The molecule has 2 aromatic rings. The lowest BCUT2D eigenvalue weighted by atomic mass is 9.99. The molecule has 0 saturated carbocycles. The van der Waals surface area contributed by atoms with Gasteiger partial charge in [-0.3, -0.25) is 4.79 Å². The summed E-state index contributed by atoms with van der Waals surface area (Å²) in [4.78, 5) is 13.5. The Balaban J connectivity index is 1.53. The van der Waals surface area contributed by atoms with Crippen LogP contribution in [0.2, 0.25) is 0 Å². The van der Waals surface area contributed by atoms with E-state index in [-0.39, 0.29) is 18.4 Å². The zero-order valence-corrected chi connectivity index (χ0v) is 17.8. The highest BCUT2D eigenvalue weighted by Crippen LogP contribution is 2.28. The van der Waals surface area contributed by atoms with Crippen molar-refractivity contribution in [2.45, 2.75) is 30.4 Å². The molecule has 6 nitrogen and oxygen atoms in total. The molecule has 1 aliphatic heterocycles. The van der Waals surface area contributed by atoms with Crippen LogP contribution < -0.4 is 10.1 Å². The summed E-state index contributed by atoms with van der Waals surface area (Å²) in [6, 6.07) is 11.2. The minimum absolute atomic E-state index is 0.0734. The molecule has 1 N–H and O–H groups in total. The van der Waals surface area contributed by atoms with Crippen LogP contribution in [-0.2, 0) is 21.2 Å². The van der Waals surface area contributed by atoms with Crippen LogP contribution in [-0.4, -0.2) is 45.4 Å². The minimum atomic E-state index is -3.52. The van der Waals surface area contributed by atoms with E-state index in [2.05, 4.69) is 5.32 Å². The molecular weight excluding hydrogens is 396 g/mol. The van der Waals surface area contributed by atoms with Gasteiger partial charge in [-0.1, -0.05) is 12.1 Å². The number of benzene rings is 1. The van der Waals surface area contributed by atoms with Crippen LogP contribution in [0.5, 0.6) is 5.75 Å². The fraction of sp³-hybridized carbons (Fsp3) is 0.450. The Hall–Kier alpha value is -1.90. The molecule has 2 heterocycles. The number of amides is 1. The minimum Gasteiger partial charge on any atom is -0.497 e. The zero-order valence-electron chi connectivity index (χ0n) is 16.2. The lowest BCUT2D eigenvalue weighted by Gasteiger charge is -2.30. The molecule has 8 heteroatoms. The monoisotopic (exact) mass is 422 g/mol. The predicted octanol–water partition coefficient (Wildman–Crippen LogP) is 2.82. The fourth-order valence-corrected chi connectivity index (χ4v) is 6.28. The summed E-state index contributed by atoms with van der Waals surface area (Å²) in [5, 5.41) is 2.96. The number of aryl methyl sites for hydroxylation is 1. The van der Waals surface area contributed by atoms with Gasteiger partial charge in [0.2, 0.25) is 5.91 Å². The Bertz CT molecular complexity index is 907. The van der Waals surface area contributed by atoms with E-state index in [0.717, 1.165) is 22.6 Å². The molecule has 0 aliphatic carbocycles. The molecule has 1 fully saturated rings. The number of nitrogens with zero attached hydrogens (tertiary/aromatic N) is 1. The first-order chi connectivity index (χ1) is 13.4. The Labute approximate surface area is 170 Å². The third-order valence-electron chi connectivity index (χ3n) is 4.94. The molecule has 1 aliphatic rings. The standard InChI is InChI=1S/C20H26N2O4S2/c1-15-5-10-19(27-15)28(24,25)22-13-3-4-17(14-22)20(23)21-12-11-16-6-8-18(26-2)9-7-16/h5-10,17H,3-4,11-14H2,1-2H3,(H,21,23). The highest BCUT2D eigenvalue weighted by molar-refractivity contribution is 7.91. The van der Waals surface area contributed by atoms with Gasteiger partial charge in [0.25, 0.3) is 10.0 Å². The predicted molar refractivity (Wildman–Crippen MR) is 110 cm³/mol. The Morgan fingerprint density at radius 3 is 2.64 bits per heavy atom. The maximum absolute atomic E-state index is 12.8. The third-order valence-corrected chi connectivity index (χ3v) is 8.27. The third kappa shape index (κ3) is 4.92. The van der Waals surface area contributed by atoms with Crippen LogP contribution in [0.1, 0.15) is 23.3 Å². The number of thiophene rings is 1. The van der Waals surface area contributed by atoms with Crippen molar-refractivity contribution in [2.24, 2.45) is 5.92 Å². The van der Waals surface area contributed by atoms with Gasteiger partial charge in [0.05, 0.1) is 13.0 Å². The van der Waals surface area contributed by atoms with E-state index in [1.54, 1.807) is 13.2 Å². The quantitative estimate of drug-likeness (QED) is 0.744. The Morgan fingerprint density at radius 1 is 1.25 bits per heavy atom. The van der Waals surface area contributed by atoms with Gasteiger partial charge < -0.3 is 10.1 Å². The number of piperidine rings is 1. The molecule has 0 radical (unpaired) electrons. The van der Waals surface area contributed by atoms with E-state index in [0.29, 0.717) is 30.1 Å². The molecule has 152 valence electrons. The van der Waals surface area contributed by atoms with E-state index in [9.17, 15) is 13.2 Å². The average molecular weight is 423 g/mol. The van der Waals surface area contributed by atoms with Gasteiger partial charge in [-0.15, -0.1) is 11.3 Å². The molecule has 1 atom stereocenters. The summed E-state index contributed by atoms with van der Waals surface area (Å²) in [6.07, 6.45) is 2.13. The normalized spacial score (nSPS) is 18.0. The van der Waals surface area contributed by atoms with Crippen molar-refractivity contribution in [3.63, 3.8) is 0 Å². The summed E-state index contributed by atoms with van der Waals surface area (Å²) < 4.78 is 32.6. The summed E-state index contributed by atoms with van der Waals surface area (Å²) >= 11 is 1.27. The van der Waals surface area contributed by atoms with Gasteiger partial charge in [-0.2, -0.15) is 4.31 Å². The Morgan fingerprint density at radius 2 is 2.00 bits per heavy atom. The summed E-state index contributed by atoms with van der Waals surface area (Å²) in [7, 11) is -1.89. The molecular formula is C20H26N2O4S2. The maximum atomic E-state index is 12.8. The van der Waals surface area contributed by atoms with Gasteiger partial charge in [0.1, 0.15) is 9.96 Å². The highest BCUT2D eigenvalue weighted by atomic mass is 32.2. The van der Waals surface area contributed by atoms with E-state index in [1.165, 1.54) is 15.6 Å². The van der Waals surface area contributed by atoms with Gasteiger partial charge in [-0.05, 0) is 56.0 Å². The van der Waals surface area contributed by atoms with Crippen LogP contribution in [0, 0.1) is 12.8 Å². The highest BCUT2D eigenvalue weighted by Gasteiger charge is 2.33. The van der Waals surface area contributed by atoms with Crippen LogP contribution in [0.15, 0.2) is 40.6 Å². The van der Waals surface area contributed by atoms with Crippen molar-refractivity contribution in [3.05, 3.63) is 46.8 Å². The van der Waals surface area contributed by atoms with Crippen molar-refractivity contribution >= 4 is 27.3 Å². The number of ether oxygens (including phenoxy) is 1. The zero-order chi connectivity index (χ0) is 20.1. The van der Waals surface area contributed by atoms with Crippen molar-refractivity contribution < 1.29 is 17.9 Å². The molecule has 1 unspecified atom stereocenters. The van der Waals surface area contributed by atoms with Crippen LogP contribution in [0.4, 0.5) is 0 Å². The van der Waals surface area contributed by atoms with Gasteiger partial charge >= 0.3 is 0 Å². The molecule has 1 aromatic heterocycles. The number of sulfonamides is 1. The number of nitrogens with one attached hydrogen (secondary N) is 1.